The van der Waals surface area contributed by atoms with Gasteiger partial charge in [0, 0.05) is 23.3 Å². The molecule has 4 aromatic rings. The summed E-state index contributed by atoms with van der Waals surface area (Å²) in [4.78, 5) is 0.218. The van der Waals surface area contributed by atoms with E-state index < -0.39 is 10.0 Å². The number of aromatic nitrogens is 1. The van der Waals surface area contributed by atoms with Crippen LogP contribution in [0.15, 0.2) is 126 Å². The first-order valence-corrected chi connectivity index (χ1v) is 11.0. The number of nitrogens with zero attached hydrogens (tertiary/aromatic N) is 1. The fourth-order valence-electron chi connectivity index (χ4n) is 3.20. The first-order valence-electron chi connectivity index (χ1n) is 9.55. The van der Waals surface area contributed by atoms with Crippen LogP contribution < -0.4 is 9.29 Å². The van der Waals surface area contributed by atoms with E-state index >= 15 is 0 Å². The lowest BCUT2D eigenvalue weighted by Gasteiger charge is -2.09. The average molecular weight is 414 g/mol. The van der Waals surface area contributed by atoms with Crippen molar-refractivity contribution in [2.45, 2.75) is 4.90 Å². The Kier molecular flexibility index (Phi) is 5.72. The van der Waals surface area contributed by atoms with E-state index in [1.165, 1.54) is 0 Å². The van der Waals surface area contributed by atoms with E-state index in [1.54, 1.807) is 36.5 Å². The van der Waals surface area contributed by atoms with Gasteiger partial charge in [0.05, 0.1) is 11.1 Å². The number of pyridine rings is 1. The summed E-state index contributed by atoms with van der Waals surface area (Å²) in [6.45, 7) is 0. The summed E-state index contributed by atoms with van der Waals surface area (Å²) in [5.74, 6) is 0. The van der Waals surface area contributed by atoms with Gasteiger partial charge in [0.2, 0.25) is 11.4 Å². The zero-order chi connectivity index (χ0) is 20.8. The fraction of sp³-hybridized carbons (Fsp3) is 0. The molecule has 0 radical (unpaired) electrons. The van der Waals surface area contributed by atoms with Crippen molar-refractivity contribution in [1.29, 1.82) is 0 Å². The van der Waals surface area contributed by atoms with Crippen molar-refractivity contribution in [3.63, 3.8) is 0 Å². The molecule has 0 spiro atoms. The van der Waals surface area contributed by atoms with Crippen molar-refractivity contribution >= 4 is 15.7 Å². The van der Waals surface area contributed by atoms with E-state index in [0.717, 1.165) is 22.5 Å². The number of nitrogens with one attached hydrogen (secondary N) is 1. The lowest BCUT2D eigenvalue weighted by Crippen LogP contribution is -2.36. The van der Waals surface area contributed by atoms with Crippen molar-refractivity contribution in [1.82, 2.24) is 4.72 Å². The van der Waals surface area contributed by atoms with E-state index in [2.05, 4.69) is 4.72 Å². The standard InChI is InChI=1S/C25H21N2O2S/c28-30(29,23-16-8-3-9-17-23)26-20-25(22-14-6-2-7-15-22)27-19-11-10-18-24(27)21-12-4-1-5-13-21/h1-20,26H/q+1/b25-20-. The molecule has 0 saturated carbocycles. The quantitative estimate of drug-likeness (QED) is 0.474. The van der Waals surface area contributed by atoms with Crippen LogP contribution in [0.3, 0.4) is 0 Å². The summed E-state index contributed by atoms with van der Waals surface area (Å²) >= 11 is 0. The summed E-state index contributed by atoms with van der Waals surface area (Å²) in [7, 11) is -3.69. The van der Waals surface area contributed by atoms with Crippen molar-refractivity contribution in [3.05, 3.63) is 127 Å². The van der Waals surface area contributed by atoms with Crippen LogP contribution >= 0.6 is 0 Å². The van der Waals surface area contributed by atoms with Crippen LogP contribution in [0.1, 0.15) is 5.56 Å². The third kappa shape index (κ3) is 4.31. The maximum Gasteiger partial charge on any atom is 0.261 e. The molecule has 3 aromatic carbocycles. The van der Waals surface area contributed by atoms with E-state index in [9.17, 15) is 8.42 Å². The Hall–Kier alpha value is -3.70. The number of hydrogen-bond donors (Lipinski definition) is 1. The molecule has 1 heterocycles. The highest BCUT2D eigenvalue weighted by Crippen LogP contribution is 2.19. The van der Waals surface area contributed by atoms with Crippen molar-refractivity contribution in [2.24, 2.45) is 0 Å². The smallest absolute Gasteiger partial charge is 0.261 e. The molecular weight excluding hydrogens is 392 g/mol. The summed E-state index contributed by atoms with van der Waals surface area (Å²) in [5, 5.41) is 0. The van der Waals surface area contributed by atoms with Gasteiger partial charge >= 0.3 is 0 Å². The molecule has 148 valence electrons. The molecule has 0 aliphatic heterocycles. The molecule has 5 heteroatoms. The van der Waals surface area contributed by atoms with Gasteiger partial charge in [0.1, 0.15) is 0 Å². The maximum absolute atomic E-state index is 12.8. The molecule has 4 nitrogen and oxygen atoms in total. The van der Waals surface area contributed by atoms with Gasteiger partial charge in [0.25, 0.3) is 10.0 Å². The largest absolute Gasteiger partial charge is 0.280 e. The van der Waals surface area contributed by atoms with Crippen molar-refractivity contribution in [2.75, 3.05) is 0 Å². The van der Waals surface area contributed by atoms with E-state index in [1.807, 2.05) is 89.6 Å². The van der Waals surface area contributed by atoms with Gasteiger partial charge in [-0.2, -0.15) is 4.57 Å². The highest BCUT2D eigenvalue weighted by molar-refractivity contribution is 7.89. The van der Waals surface area contributed by atoms with Gasteiger partial charge in [-0.05, 0) is 42.5 Å². The topological polar surface area (TPSA) is 50.1 Å². The van der Waals surface area contributed by atoms with Crippen LogP contribution in [0.2, 0.25) is 0 Å². The zero-order valence-corrected chi connectivity index (χ0v) is 17.0. The number of sulfonamides is 1. The summed E-state index contributed by atoms with van der Waals surface area (Å²) in [6.07, 6.45) is 3.47. The third-order valence-corrected chi connectivity index (χ3v) is 5.98. The highest BCUT2D eigenvalue weighted by Gasteiger charge is 2.21. The third-order valence-electron chi connectivity index (χ3n) is 4.66. The molecule has 0 fully saturated rings. The lowest BCUT2D eigenvalue weighted by atomic mass is 10.1. The molecular formula is C25H21N2O2S+. The van der Waals surface area contributed by atoms with Crippen molar-refractivity contribution in [3.8, 4) is 11.3 Å². The van der Waals surface area contributed by atoms with Crippen LogP contribution in [-0.2, 0) is 10.0 Å². The van der Waals surface area contributed by atoms with Crippen LogP contribution in [0, 0.1) is 0 Å². The first kappa shape index (κ1) is 19.6. The van der Waals surface area contributed by atoms with Gasteiger partial charge < -0.3 is 0 Å². The molecule has 0 atom stereocenters. The number of benzene rings is 3. The fourth-order valence-corrected chi connectivity index (χ4v) is 4.12. The lowest BCUT2D eigenvalue weighted by molar-refractivity contribution is -0.567. The monoisotopic (exact) mass is 413 g/mol. The van der Waals surface area contributed by atoms with Crippen LogP contribution in [0.4, 0.5) is 0 Å². The zero-order valence-electron chi connectivity index (χ0n) is 16.2. The Balaban J connectivity index is 1.83. The molecule has 30 heavy (non-hydrogen) atoms. The molecule has 0 unspecified atom stereocenters. The maximum atomic E-state index is 12.8. The minimum atomic E-state index is -3.69. The van der Waals surface area contributed by atoms with Gasteiger partial charge in [-0.15, -0.1) is 0 Å². The second kappa shape index (κ2) is 8.76. The second-order valence-corrected chi connectivity index (χ2v) is 8.37. The normalized spacial score (nSPS) is 11.8. The summed E-state index contributed by atoms with van der Waals surface area (Å²) in [5.41, 5.74) is 3.59. The second-order valence-electron chi connectivity index (χ2n) is 6.65. The van der Waals surface area contributed by atoms with Crippen LogP contribution in [-0.4, -0.2) is 8.42 Å². The molecule has 0 bridgehead atoms. The predicted octanol–water partition coefficient (Wildman–Crippen LogP) is 4.47. The van der Waals surface area contributed by atoms with E-state index in [-0.39, 0.29) is 4.90 Å². The Morgan fingerprint density at radius 3 is 1.93 bits per heavy atom. The molecule has 1 aromatic heterocycles. The Morgan fingerprint density at radius 1 is 0.700 bits per heavy atom. The molecule has 0 saturated heterocycles. The number of hydrogen-bond acceptors (Lipinski definition) is 2. The number of rotatable bonds is 6. The first-order chi connectivity index (χ1) is 14.6. The Bertz CT molecular complexity index is 1250. The van der Waals surface area contributed by atoms with Crippen LogP contribution in [0.5, 0.6) is 0 Å². The predicted molar refractivity (Wildman–Crippen MR) is 119 cm³/mol. The molecule has 0 aliphatic rings. The van der Waals surface area contributed by atoms with E-state index in [0.29, 0.717) is 0 Å². The summed E-state index contributed by atoms with van der Waals surface area (Å²) in [6, 6.07) is 34.0. The van der Waals surface area contributed by atoms with Gasteiger partial charge in [-0.3, -0.25) is 4.72 Å². The SMILES string of the molecule is O=S(=O)(N/C=C(/c1ccccc1)[n+]1ccccc1-c1ccccc1)c1ccccc1. The average Bonchev–Trinajstić information content (AvgIpc) is 2.81. The Morgan fingerprint density at radius 2 is 1.27 bits per heavy atom. The van der Waals surface area contributed by atoms with E-state index in [4.69, 9.17) is 0 Å². The molecule has 1 N–H and O–H groups in total. The minimum absolute atomic E-state index is 0.218. The van der Waals surface area contributed by atoms with Gasteiger partial charge in [-0.1, -0.05) is 54.6 Å². The summed E-state index contributed by atoms with van der Waals surface area (Å²) < 4.78 is 30.2. The minimum Gasteiger partial charge on any atom is -0.280 e. The molecule has 0 amide bonds. The van der Waals surface area contributed by atoms with Gasteiger partial charge in [0.15, 0.2) is 6.20 Å². The Labute approximate surface area is 176 Å². The van der Waals surface area contributed by atoms with Crippen LogP contribution in [0.25, 0.3) is 17.0 Å². The van der Waals surface area contributed by atoms with Crippen molar-refractivity contribution < 1.29 is 13.0 Å². The highest BCUT2D eigenvalue weighted by atomic mass is 32.2. The van der Waals surface area contributed by atoms with Gasteiger partial charge in [-0.25, -0.2) is 8.42 Å². The molecule has 0 aliphatic carbocycles. The molecule has 4 rings (SSSR count).